The van der Waals surface area contributed by atoms with Gasteiger partial charge in [-0.15, -0.1) is 18.3 Å². The van der Waals surface area contributed by atoms with Gasteiger partial charge in [0.15, 0.2) is 0 Å². The first-order valence-electron chi connectivity index (χ1n) is 7.17. The lowest BCUT2D eigenvalue weighted by Crippen LogP contribution is -2.32. The standard InChI is InChI=1S/C16H19N5OS/c1-3-10-20(11-4-2)15(22)13-23-16-17-18-19-21(16)12-14-8-6-5-7-9-14/h3-9H,1-2,10-13H2. The Balaban J connectivity index is 1.96. The summed E-state index contributed by atoms with van der Waals surface area (Å²) in [5.74, 6) is 0.278. The zero-order valence-corrected chi connectivity index (χ0v) is 13.7. The Morgan fingerprint density at radius 3 is 2.57 bits per heavy atom. The fourth-order valence-electron chi connectivity index (χ4n) is 1.96. The van der Waals surface area contributed by atoms with E-state index in [0.29, 0.717) is 24.8 Å². The SMILES string of the molecule is C=CCN(CC=C)C(=O)CSc1nnnn1Cc1ccccc1. The third-order valence-electron chi connectivity index (χ3n) is 3.05. The Morgan fingerprint density at radius 1 is 1.22 bits per heavy atom. The molecular weight excluding hydrogens is 310 g/mol. The molecule has 2 aromatic rings. The molecule has 0 radical (unpaired) electrons. The van der Waals surface area contributed by atoms with Gasteiger partial charge in [0.2, 0.25) is 11.1 Å². The van der Waals surface area contributed by atoms with E-state index >= 15 is 0 Å². The van der Waals surface area contributed by atoms with Crippen molar-refractivity contribution in [3.05, 3.63) is 61.2 Å². The number of tetrazole rings is 1. The minimum absolute atomic E-state index is 0.00376. The number of carbonyl (C=O) groups excluding carboxylic acids is 1. The van der Waals surface area contributed by atoms with Crippen molar-refractivity contribution < 1.29 is 4.79 Å². The van der Waals surface area contributed by atoms with Gasteiger partial charge >= 0.3 is 0 Å². The fraction of sp³-hybridized carbons (Fsp3) is 0.250. The maximum atomic E-state index is 12.2. The van der Waals surface area contributed by atoms with Gasteiger partial charge in [-0.3, -0.25) is 4.79 Å². The number of hydrogen-bond donors (Lipinski definition) is 0. The molecule has 7 heteroatoms. The summed E-state index contributed by atoms with van der Waals surface area (Å²) in [6.07, 6.45) is 3.40. The quantitative estimate of drug-likeness (QED) is 0.520. The van der Waals surface area contributed by atoms with E-state index in [1.807, 2.05) is 30.3 Å². The van der Waals surface area contributed by atoms with Crippen LogP contribution in [0.2, 0.25) is 0 Å². The number of amides is 1. The minimum Gasteiger partial charge on any atom is -0.335 e. The molecule has 120 valence electrons. The van der Waals surface area contributed by atoms with Crippen LogP contribution in [-0.2, 0) is 11.3 Å². The first-order chi connectivity index (χ1) is 11.2. The zero-order valence-electron chi connectivity index (χ0n) is 12.8. The Morgan fingerprint density at radius 2 is 1.91 bits per heavy atom. The molecule has 1 heterocycles. The molecular formula is C16H19N5OS. The molecule has 0 atom stereocenters. The number of benzene rings is 1. The molecule has 2 rings (SSSR count). The second-order valence-electron chi connectivity index (χ2n) is 4.77. The molecule has 0 unspecified atom stereocenters. The lowest BCUT2D eigenvalue weighted by atomic mass is 10.2. The van der Waals surface area contributed by atoms with Gasteiger partial charge < -0.3 is 4.90 Å². The van der Waals surface area contributed by atoms with Crippen molar-refractivity contribution >= 4 is 17.7 Å². The second kappa shape index (κ2) is 8.89. The number of carbonyl (C=O) groups is 1. The molecule has 0 saturated carbocycles. The van der Waals surface area contributed by atoms with Crippen molar-refractivity contribution in [3.63, 3.8) is 0 Å². The highest BCUT2D eigenvalue weighted by molar-refractivity contribution is 7.99. The summed E-state index contributed by atoms with van der Waals surface area (Å²) in [6, 6.07) is 9.93. The molecule has 1 amide bonds. The number of hydrogen-bond acceptors (Lipinski definition) is 5. The average Bonchev–Trinajstić information content (AvgIpc) is 3.00. The molecule has 1 aromatic heterocycles. The van der Waals surface area contributed by atoms with Gasteiger partial charge in [-0.1, -0.05) is 54.2 Å². The highest BCUT2D eigenvalue weighted by Crippen LogP contribution is 2.15. The second-order valence-corrected chi connectivity index (χ2v) is 5.71. The molecule has 0 saturated heterocycles. The normalized spacial score (nSPS) is 10.3. The van der Waals surface area contributed by atoms with Crippen molar-refractivity contribution in [2.45, 2.75) is 11.7 Å². The van der Waals surface area contributed by atoms with E-state index in [2.05, 4.69) is 28.7 Å². The molecule has 0 spiro atoms. The van der Waals surface area contributed by atoms with Crippen LogP contribution in [0, 0.1) is 0 Å². The van der Waals surface area contributed by atoms with Gasteiger partial charge in [-0.25, -0.2) is 4.68 Å². The summed E-state index contributed by atoms with van der Waals surface area (Å²) < 4.78 is 1.69. The number of thioether (sulfide) groups is 1. The van der Waals surface area contributed by atoms with Gasteiger partial charge in [-0.05, 0) is 16.0 Å². The molecule has 0 aliphatic heterocycles. The molecule has 0 bridgehead atoms. The molecule has 1 aromatic carbocycles. The zero-order chi connectivity index (χ0) is 16.5. The summed E-state index contributed by atoms with van der Waals surface area (Å²) in [4.78, 5) is 13.9. The van der Waals surface area contributed by atoms with E-state index in [1.165, 1.54) is 11.8 Å². The first kappa shape index (κ1) is 17.0. The van der Waals surface area contributed by atoms with E-state index < -0.39 is 0 Å². The fourth-order valence-corrected chi connectivity index (χ4v) is 2.74. The van der Waals surface area contributed by atoms with Crippen molar-refractivity contribution in [2.75, 3.05) is 18.8 Å². The Bertz CT molecular complexity index is 646. The highest BCUT2D eigenvalue weighted by Gasteiger charge is 2.14. The van der Waals surface area contributed by atoms with Gasteiger partial charge in [0.25, 0.3) is 0 Å². The lowest BCUT2D eigenvalue weighted by Gasteiger charge is -2.18. The van der Waals surface area contributed by atoms with E-state index in [9.17, 15) is 4.79 Å². The van der Waals surface area contributed by atoms with Crippen LogP contribution in [-0.4, -0.2) is 49.9 Å². The van der Waals surface area contributed by atoms with Crippen LogP contribution in [0.15, 0.2) is 60.8 Å². The smallest absolute Gasteiger partial charge is 0.233 e. The van der Waals surface area contributed by atoms with Gasteiger partial charge in [0.05, 0.1) is 12.3 Å². The van der Waals surface area contributed by atoms with Crippen LogP contribution >= 0.6 is 11.8 Å². The number of nitrogens with zero attached hydrogens (tertiary/aromatic N) is 5. The number of aromatic nitrogens is 4. The van der Waals surface area contributed by atoms with Crippen LogP contribution in [0.1, 0.15) is 5.56 Å². The van der Waals surface area contributed by atoms with Gasteiger partial charge in [-0.2, -0.15) is 0 Å². The predicted molar refractivity (Wildman–Crippen MR) is 91.1 cm³/mol. The van der Waals surface area contributed by atoms with Crippen LogP contribution in [0.5, 0.6) is 0 Å². The van der Waals surface area contributed by atoms with Crippen molar-refractivity contribution in [1.82, 2.24) is 25.1 Å². The average molecular weight is 329 g/mol. The van der Waals surface area contributed by atoms with Crippen LogP contribution in [0.4, 0.5) is 0 Å². The van der Waals surface area contributed by atoms with Crippen LogP contribution in [0.25, 0.3) is 0 Å². The molecule has 0 N–H and O–H groups in total. The van der Waals surface area contributed by atoms with Crippen molar-refractivity contribution in [3.8, 4) is 0 Å². The van der Waals surface area contributed by atoms with E-state index in [-0.39, 0.29) is 11.7 Å². The Hall–Kier alpha value is -2.41. The van der Waals surface area contributed by atoms with Crippen LogP contribution < -0.4 is 0 Å². The largest absolute Gasteiger partial charge is 0.335 e. The summed E-state index contributed by atoms with van der Waals surface area (Å²) in [7, 11) is 0. The van der Waals surface area contributed by atoms with E-state index in [4.69, 9.17) is 0 Å². The summed E-state index contributed by atoms with van der Waals surface area (Å²) >= 11 is 1.33. The van der Waals surface area contributed by atoms with Crippen molar-refractivity contribution in [2.24, 2.45) is 0 Å². The van der Waals surface area contributed by atoms with E-state index in [1.54, 1.807) is 21.7 Å². The van der Waals surface area contributed by atoms with Crippen molar-refractivity contribution in [1.29, 1.82) is 0 Å². The molecule has 0 fully saturated rings. The highest BCUT2D eigenvalue weighted by atomic mass is 32.2. The maximum absolute atomic E-state index is 12.2. The number of rotatable bonds is 9. The third-order valence-corrected chi connectivity index (χ3v) is 3.99. The molecule has 0 aliphatic carbocycles. The minimum atomic E-state index is 0.00376. The van der Waals surface area contributed by atoms with E-state index in [0.717, 1.165) is 5.56 Å². The lowest BCUT2D eigenvalue weighted by molar-refractivity contribution is -0.127. The van der Waals surface area contributed by atoms with Crippen LogP contribution in [0.3, 0.4) is 0 Å². The molecule has 6 nitrogen and oxygen atoms in total. The summed E-state index contributed by atoms with van der Waals surface area (Å²) in [6.45, 7) is 8.91. The first-order valence-corrected chi connectivity index (χ1v) is 8.15. The summed E-state index contributed by atoms with van der Waals surface area (Å²) in [5, 5.41) is 12.3. The van der Waals surface area contributed by atoms with Gasteiger partial charge in [0.1, 0.15) is 0 Å². The van der Waals surface area contributed by atoms with Gasteiger partial charge in [0, 0.05) is 13.1 Å². The molecule has 0 aliphatic rings. The summed E-state index contributed by atoms with van der Waals surface area (Å²) in [5.41, 5.74) is 1.10. The predicted octanol–water partition coefficient (Wildman–Crippen LogP) is 2.01. The third kappa shape index (κ3) is 5.07. The molecule has 23 heavy (non-hydrogen) atoms. The maximum Gasteiger partial charge on any atom is 0.233 e. The topological polar surface area (TPSA) is 63.9 Å². The monoisotopic (exact) mass is 329 g/mol. The Labute approximate surface area is 139 Å². The Kier molecular flexibility index (Phi) is 6.56.